The molecule has 7 nitrogen and oxygen atoms in total. The number of nitrogens with zero attached hydrogens (tertiary/aromatic N) is 3. The SMILES string of the molecule is Cc1cc(C(=O)[C@H](C)OC(=O)[C@H](C)Sc2nncs2)c(C)n1-c1ccc(OC(F)F)cc1. The van der Waals surface area contributed by atoms with E-state index in [0.717, 1.165) is 5.69 Å². The van der Waals surface area contributed by atoms with E-state index in [-0.39, 0.29) is 11.5 Å². The van der Waals surface area contributed by atoms with Crippen molar-refractivity contribution in [2.24, 2.45) is 0 Å². The zero-order valence-electron chi connectivity index (χ0n) is 17.7. The van der Waals surface area contributed by atoms with E-state index in [1.54, 1.807) is 37.6 Å². The second-order valence-electron chi connectivity index (χ2n) is 6.90. The maximum atomic E-state index is 13.0. The number of ether oxygens (including phenoxy) is 2. The number of rotatable bonds is 9. The fourth-order valence-corrected chi connectivity index (χ4v) is 4.75. The van der Waals surface area contributed by atoms with Gasteiger partial charge in [0, 0.05) is 22.6 Å². The highest BCUT2D eigenvalue weighted by molar-refractivity contribution is 8.02. The van der Waals surface area contributed by atoms with E-state index in [0.29, 0.717) is 21.3 Å². The summed E-state index contributed by atoms with van der Waals surface area (Å²) in [6.07, 6.45) is -0.976. The lowest BCUT2D eigenvalue weighted by molar-refractivity contribution is -0.145. The van der Waals surface area contributed by atoms with E-state index >= 15 is 0 Å². The minimum Gasteiger partial charge on any atom is -0.453 e. The van der Waals surface area contributed by atoms with Crippen LogP contribution < -0.4 is 4.74 Å². The lowest BCUT2D eigenvalue weighted by Crippen LogP contribution is -2.28. The van der Waals surface area contributed by atoms with Crippen molar-refractivity contribution in [2.75, 3.05) is 0 Å². The van der Waals surface area contributed by atoms with Crippen LogP contribution in [0.2, 0.25) is 0 Å². The van der Waals surface area contributed by atoms with Crippen molar-refractivity contribution in [3.8, 4) is 11.4 Å². The Morgan fingerprint density at radius 1 is 1.16 bits per heavy atom. The molecule has 0 N–H and O–H groups in total. The van der Waals surface area contributed by atoms with E-state index in [1.165, 1.54) is 42.2 Å². The van der Waals surface area contributed by atoms with Gasteiger partial charge in [-0.1, -0.05) is 23.1 Å². The summed E-state index contributed by atoms with van der Waals surface area (Å²) in [7, 11) is 0. The summed E-state index contributed by atoms with van der Waals surface area (Å²) in [6, 6.07) is 7.83. The molecule has 0 unspecified atom stereocenters. The smallest absolute Gasteiger partial charge is 0.387 e. The third-order valence-electron chi connectivity index (χ3n) is 4.63. The first-order valence-electron chi connectivity index (χ1n) is 9.59. The molecule has 3 rings (SSSR count). The Labute approximate surface area is 191 Å². The van der Waals surface area contributed by atoms with Crippen molar-refractivity contribution in [3.05, 3.63) is 52.8 Å². The molecule has 0 bridgehead atoms. The maximum Gasteiger partial charge on any atom is 0.387 e. The Balaban J connectivity index is 1.72. The number of carbonyl (C=O) groups excluding carboxylic acids is 2. The Kier molecular flexibility index (Phi) is 7.62. The molecule has 0 radical (unpaired) electrons. The van der Waals surface area contributed by atoms with Crippen LogP contribution >= 0.6 is 23.1 Å². The average molecular weight is 482 g/mol. The third kappa shape index (κ3) is 5.52. The predicted octanol–water partition coefficient (Wildman–Crippen LogP) is 4.84. The molecule has 0 saturated heterocycles. The highest BCUT2D eigenvalue weighted by atomic mass is 32.2. The summed E-state index contributed by atoms with van der Waals surface area (Å²) in [5.41, 5.74) is 4.09. The minimum absolute atomic E-state index is 0.0450. The van der Waals surface area contributed by atoms with E-state index in [9.17, 15) is 18.4 Å². The number of Topliss-reactive ketones (excluding diaryl/α,β-unsaturated/α-hetero) is 1. The van der Waals surface area contributed by atoms with Gasteiger partial charge in [-0.2, -0.15) is 8.78 Å². The molecular weight excluding hydrogens is 460 g/mol. The molecule has 0 saturated carbocycles. The van der Waals surface area contributed by atoms with Gasteiger partial charge in [0.25, 0.3) is 0 Å². The number of aryl methyl sites for hydroxylation is 1. The molecule has 0 amide bonds. The van der Waals surface area contributed by atoms with Gasteiger partial charge in [0.2, 0.25) is 5.78 Å². The summed E-state index contributed by atoms with van der Waals surface area (Å²) < 4.78 is 37.0. The second-order valence-corrected chi connectivity index (χ2v) is 9.32. The summed E-state index contributed by atoms with van der Waals surface area (Å²) in [5.74, 6) is -0.804. The van der Waals surface area contributed by atoms with Crippen molar-refractivity contribution in [2.45, 2.75) is 50.0 Å². The number of aromatic nitrogens is 3. The zero-order chi connectivity index (χ0) is 23.4. The first kappa shape index (κ1) is 23.9. The van der Waals surface area contributed by atoms with Gasteiger partial charge in [-0.3, -0.25) is 9.59 Å². The number of esters is 1. The van der Waals surface area contributed by atoms with Crippen molar-refractivity contribution in [1.29, 1.82) is 0 Å². The summed E-state index contributed by atoms with van der Waals surface area (Å²) in [5, 5.41) is 7.06. The largest absolute Gasteiger partial charge is 0.453 e. The minimum atomic E-state index is -2.90. The Hall–Kier alpha value is -2.79. The van der Waals surface area contributed by atoms with Gasteiger partial charge < -0.3 is 14.0 Å². The van der Waals surface area contributed by atoms with Crippen LogP contribution in [0.3, 0.4) is 0 Å². The van der Waals surface area contributed by atoms with Gasteiger partial charge in [0.1, 0.15) is 16.5 Å². The lowest BCUT2D eigenvalue weighted by Gasteiger charge is -2.15. The lowest BCUT2D eigenvalue weighted by atomic mass is 10.1. The monoisotopic (exact) mass is 481 g/mol. The molecule has 1 aromatic carbocycles. The van der Waals surface area contributed by atoms with E-state index in [2.05, 4.69) is 14.9 Å². The molecular formula is C21H21F2N3O4S2. The molecule has 3 aromatic rings. The molecule has 0 aliphatic heterocycles. The third-order valence-corrected chi connectivity index (χ3v) is 6.52. The van der Waals surface area contributed by atoms with Crippen LogP contribution in [0.25, 0.3) is 5.69 Å². The number of halogens is 2. The van der Waals surface area contributed by atoms with E-state index in [1.807, 2.05) is 11.5 Å². The van der Waals surface area contributed by atoms with Crippen LogP contribution in [0.1, 0.15) is 35.6 Å². The number of ketones is 1. The Bertz CT molecular complexity index is 1090. The molecule has 11 heteroatoms. The van der Waals surface area contributed by atoms with Crippen LogP contribution in [-0.4, -0.2) is 44.5 Å². The number of thioether (sulfide) groups is 1. The molecule has 0 aliphatic rings. The van der Waals surface area contributed by atoms with Gasteiger partial charge in [-0.05, 0) is 58.0 Å². The van der Waals surface area contributed by atoms with Crippen LogP contribution in [0, 0.1) is 13.8 Å². The normalized spacial score (nSPS) is 13.1. The number of hydrogen-bond acceptors (Lipinski definition) is 8. The predicted molar refractivity (Wildman–Crippen MR) is 117 cm³/mol. The molecule has 32 heavy (non-hydrogen) atoms. The van der Waals surface area contributed by atoms with Crippen LogP contribution in [0.15, 0.2) is 40.2 Å². The topological polar surface area (TPSA) is 83.3 Å². The van der Waals surface area contributed by atoms with Gasteiger partial charge in [0.15, 0.2) is 10.4 Å². The summed E-state index contributed by atoms with van der Waals surface area (Å²) >= 11 is 2.53. The fourth-order valence-electron chi connectivity index (χ4n) is 3.14. The maximum absolute atomic E-state index is 13.0. The first-order chi connectivity index (χ1) is 15.2. The zero-order valence-corrected chi connectivity index (χ0v) is 19.4. The second kappa shape index (κ2) is 10.2. The van der Waals surface area contributed by atoms with Crippen LogP contribution in [-0.2, 0) is 9.53 Å². The highest BCUT2D eigenvalue weighted by Crippen LogP contribution is 2.27. The van der Waals surface area contributed by atoms with Gasteiger partial charge in [-0.25, -0.2) is 0 Å². The first-order valence-corrected chi connectivity index (χ1v) is 11.3. The van der Waals surface area contributed by atoms with Crippen LogP contribution in [0.5, 0.6) is 5.75 Å². The average Bonchev–Trinajstić information content (AvgIpc) is 3.35. The molecule has 170 valence electrons. The van der Waals surface area contributed by atoms with E-state index < -0.39 is 23.9 Å². The van der Waals surface area contributed by atoms with Gasteiger partial charge >= 0.3 is 12.6 Å². The van der Waals surface area contributed by atoms with Crippen molar-refractivity contribution >= 4 is 34.9 Å². The standard InChI is InChI=1S/C21H21F2N3O4S2/c1-11-9-17(12(2)26(11)15-5-7-16(8-6-15)30-20(22)23)18(27)13(3)29-19(28)14(4)32-21-25-24-10-31-21/h5-10,13-14,20H,1-4H3/t13-,14-/m0/s1. The summed E-state index contributed by atoms with van der Waals surface area (Å²) in [4.78, 5) is 25.4. The van der Waals surface area contributed by atoms with Crippen molar-refractivity contribution in [1.82, 2.24) is 14.8 Å². The number of carbonyl (C=O) groups is 2. The molecule has 0 aliphatic carbocycles. The van der Waals surface area contributed by atoms with Gasteiger partial charge in [-0.15, -0.1) is 10.2 Å². The Morgan fingerprint density at radius 2 is 1.84 bits per heavy atom. The Morgan fingerprint density at radius 3 is 2.44 bits per heavy atom. The molecule has 0 fully saturated rings. The van der Waals surface area contributed by atoms with Crippen molar-refractivity contribution < 1.29 is 27.8 Å². The highest BCUT2D eigenvalue weighted by Gasteiger charge is 2.27. The molecule has 2 heterocycles. The number of alkyl halides is 2. The fraction of sp³-hybridized carbons (Fsp3) is 0.333. The quantitative estimate of drug-likeness (QED) is 0.246. The molecule has 2 aromatic heterocycles. The van der Waals surface area contributed by atoms with Crippen molar-refractivity contribution in [3.63, 3.8) is 0 Å². The molecule has 2 atom stereocenters. The number of benzene rings is 1. The molecule has 0 spiro atoms. The van der Waals surface area contributed by atoms with Crippen LogP contribution in [0.4, 0.5) is 8.78 Å². The number of hydrogen-bond donors (Lipinski definition) is 0. The van der Waals surface area contributed by atoms with Gasteiger partial charge in [0.05, 0.1) is 0 Å². The summed E-state index contributed by atoms with van der Waals surface area (Å²) in [6.45, 7) is 3.91. The van der Waals surface area contributed by atoms with E-state index in [4.69, 9.17) is 4.74 Å².